The van der Waals surface area contributed by atoms with E-state index >= 15 is 0 Å². The van der Waals surface area contributed by atoms with E-state index in [1.165, 1.54) is 16.8 Å². The number of nitriles is 1. The van der Waals surface area contributed by atoms with Gasteiger partial charge in [-0.15, -0.1) is 0 Å². The summed E-state index contributed by atoms with van der Waals surface area (Å²) in [7, 11) is 0. The van der Waals surface area contributed by atoms with E-state index in [1.54, 1.807) is 47.4 Å². The second-order valence-electron chi connectivity index (χ2n) is 7.46. The molecule has 8 heteroatoms. The van der Waals surface area contributed by atoms with Crippen LogP contribution in [0.2, 0.25) is 0 Å². The monoisotopic (exact) mass is 427 g/mol. The number of halogens is 1. The highest BCUT2D eigenvalue weighted by molar-refractivity contribution is 5.99. The first kappa shape index (κ1) is 19.7. The number of rotatable bonds is 3. The van der Waals surface area contributed by atoms with Crippen molar-refractivity contribution in [3.63, 3.8) is 0 Å². The van der Waals surface area contributed by atoms with Gasteiger partial charge in [-0.05, 0) is 36.4 Å². The second-order valence-corrected chi connectivity index (χ2v) is 7.46. The zero-order valence-corrected chi connectivity index (χ0v) is 16.9. The molecule has 0 unspecified atom stereocenters. The predicted molar refractivity (Wildman–Crippen MR) is 117 cm³/mol. The summed E-state index contributed by atoms with van der Waals surface area (Å²) in [6.07, 6.45) is 0. The molecule has 4 aromatic rings. The summed E-state index contributed by atoms with van der Waals surface area (Å²) in [6.45, 7) is 0.180. The molecular weight excluding hydrogens is 409 g/mol. The zero-order chi connectivity index (χ0) is 22.2. The Morgan fingerprint density at radius 1 is 1.12 bits per heavy atom. The van der Waals surface area contributed by atoms with Crippen LogP contribution in [0.4, 0.5) is 10.1 Å². The van der Waals surface area contributed by atoms with E-state index in [0.29, 0.717) is 39.3 Å². The van der Waals surface area contributed by atoms with Gasteiger partial charge in [-0.3, -0.25) is 4.79 Å². The van der Waals surface area contributed by atoms with Gasteiger partial charge in [-0.2, -0.15) is 10.4 Å². The zero-order valence-electron chi connectivity index (χ0n) is 16.9. The first-order chi connectivity index (χ1) is 15.6. The maximum atomic E-state index is 14.1. The van der Waals surface area contributed by atoms with Gasteiger partial charge in [0.15, 0.2) is 0 Å². The van der Waals surface area contributed by atoms with Crippen LogP contribution >= 0.6 is 0 Å². The Hall–Kier alpha value is -4.22. The molecule has 0 radical (unpaired) electrons. The fourth-order valence-corrected chi connectivity index (χ4v) is 3.89. The van der Waals surface area contributed by atoms with E-state index in [-0.39, 0.29) is 19.1 Å². The smallest absolute Gasteiger partial charge is 0.247 e. The molecule has 1 atom stereocenters. The second kappa shape index (κ2) is 7.80. The van der Waals surface area contributed by atoms with Crippen LogP contribution in [-0.2, 0) is 11.3 Å². The van der Waals surface area contributed by atoms with E-state index in [2.05, 4.69) is 11.2 Å². The number of amides is 1. The molecule has 1 amide bonds. The lowest BCUT2D eigenvalue weighted by Crippen LogP contribution is -2.45. The fourth-order valence-electron chi connectivity index (χ4n) is 3.89. The molecule has 1 aliphatic heterocycles. The van der Waals surface area contributed by atoms with Gasteiger partial charge in [-0.1, -0.05) is 24.3 Å². The summed E-state index contributed by atoms with van der Waals surface area (Å²) in [5.74, 6) is -0.165. The van der Waals surface area contributed by atoms with Gasteiger partial charge in [0.2, 0.25) is 5.91 Å². The maximum Gasteiger partial charge on any atom is 0.247 e. The van der Waals surface area contributed by atoms with Crippen LogP contribution in [0.5, 0.6) is 5.75 Å². The van der Waals surface area contributed by atoms with Crippen LogP contribution in [0.15, 0.2) is 66.7 Å². The lowest BCUT2D eigenvalue weighted by Gasteiger charge is -2.22. The minimum atomic E-state index is -0.826. The number of nitrogens with two attached hydrogens (primary N) is 1. The molecule has 3 aromatic carbocycles. The van der Waals surface area contributed by atoms with E-state index in [4.69, 9.17) is 10.5 Å². The third-order valence-electron chi connectivity index (χ3n) is 5.44. The van der Waals surface area contributed by atoms with Gasteiger partial charge in [0.25, 0.3) is 0 Å². The number of anilines is 1. The van der Waals surface area contributed by atoms with Gasteiger partial charge in [0, 0.05) is 11.5 Å². The summed E-state index contributed by atoms with van der Waals surface area (Å²) < 4.78 is 21.4. The topological polar surface area (TPSA) is 97.2 Å². The van der Waals surface area contributed by atoms with Crippen LogP contribution < -0.4 is 15.4 Å². The Balaban J connectivity index is 1.67. The third-order valence-corrected chi connectivity index (χ3v) is 5.44. The quantitative estimate of drug-likeness (QED) is 0.541. The Morgan fingerprint density at radius 3 is 2.69 bits per heavy atom. The molecule has 1 aromatic heterocycles. The summed E-state index contributed by atoms with van der Waals surface area (Å²) in [4.78, 5) is 14.6. The van der Waals surface area contributed by atoms with E-state index in [9.17, 15) is 14.4 Å². The van der Waals surface area contributed by atoms with Gasteiger partial charge in [0.1, 0.15) is 30.3 Å². The number of ether oxygens (including phenoxy) is 1. The van der Waals surface area contributed by atoms with Gasteiger partial charge < -0.3 is 15.4 Å². The molecule has 0 bridgehead atoms. The van der Waals surface area contributed by atoms with Gasteiger partial charge >= 0.3 is 0 Å². The standard InChI is InChI=1S/C24H18FN5O2/c25-16-9-10-17-19(28-30(22(17)11-16)20-6-2-1-5-15(20)12-26)13-29-21-7-3-4-8-23(21)32-14-18(27)24(29)31/h1-11,18H,13-14,27H2/t18-/m0/s1. The van der Waals surface area contributed by atoms with Crippen LogP contribution in [0.25, 0.3) is 16.6 Å². The molecule has 2 heterocycles. The van der Waals surface area contributed by atoms with Crippen molar-refractivity contribution in [2.75, 3.05) is 11.5 Å². The molecule has 7 nitrogen and oxygen atoms in total. The molecule has 5 rings (SSSR count). The number of hydrogen-bond donors (Lipinski definition) is 1. The maximum absolute atomic E-state index is 14.1. The first-order valence-electron chi connectivity index (χ1n) is 10.0. The van der Waals surface area contributed by atoms with Crippen molar-refractivity contribution in [2.45, 2.75) is 12.6 Å². The molecule has 2 N–H and O–H groups in total. The molecule has 1 aliphatic rings. The lowest BCUT2D eigenvalue weighted by atomic mass is 10.1. The Kier molecular flexibility index (Phi) is 4.81. The van der Waals surface area contributed by atoms with Crippen molar-refractivity contribution in [2.24, 2.45) is 5.73 Å². The van der Waals surface area contributed by atoms with Crippen molar-refractivity contribution < 1.29 is 13.9 Å². The number of hydrogen-bond acceptors (Lipinski definition) is 5. The van der Waals surface area contributed by atoms with Crippen LogP contribution in [0.3, 0.4) is 0 Å². The molecule has 158 valence electrons. The molecule has 0 saturated heterocycles. The first-order valence-corrected chi connectivity index (χ1v) is 10.0. The van der Waals surface area contributed by atoms with Crippen molar-refractivity contribution in [3.8, 4) is 17.5 Å². The molecule has 0 aliphatic carbocycles. The van der Waals surface area contributed by atoms with E-state index in [0.717, 1.165) is 0 Å². The Bertz CT molecular complexity index is 1390. The molecular formula is C24H18FN5O2. The average molecular weight is 427 g/mol. The molecule has 32 heavy (non-hydrogen) atoms. The summed E-state index contributed by atoms with van der Waals surface area (Å²) in [5, 5.41) is 14.9. The number of aromatic nitrogens is 2. The molecule has 0 spiro atoms. The molecule has 0 saturated carbocycles. The largest absolute Gasteiger partial charge is 0.489 e. The average Bonchev–Trinajstić information content (AvgIpc) is 3.12. The van der Waals surface area contributed by atoms with Crippen LogP contribution in [-0.4, -0.2) is 28.3 Å². The Labute approximate surface area is 183 Å². The summed E-state index contributed by atoms with van der Waals surface area (Å²) >= 11 is 0. The third kappa shape index (κ3) is 3.25. The highest BCUT2D eigenvalue weighted by Crippen LogP contribution is 2.33. The number of carbonyl (C=O) groups is 1. The number of benzene rings is 3. The lowest BCUT2D eigenvalue weighted by molar-refractivity contribution is -0.120. The van der Waals surface area contributed by atoms with Crippen LogP contribution in [0, 0.1) is 17.1 Å². The number of fused-ring (bicyclic) bond motifs is 2. The fraction of sp³-hybridized carbons (Fsp3) is 0.125. The summed E-state index contributed by atoms with van der Waals surface area (Å²) in [5.41, 5.74) is 8.61. The highest BCUT2D eigenvalue weighted by Gasteiger charge is 2.30. The number of carbonyl (C=O) groups excluding carboxylic acids is 1. The summed E-state index contributed by atoms with van der Waals surface area (Å²) in [6, 6.07) is 19.8. The Morgan fingerprint density at radius 2 is 1.88 bits per heavy atom. The predicted octanol–water partition coefficient (Wildman–Crippen LogP) is 3.29. The van der Waals surface area contributed by atoms with Crippen molar-refractivity contribution in [3.05, 3.63) is 83.8 Å². The number of nitrogens with zero attached hydrogens (tertiary/aromatic N) is 4. The van der Waals surface area contributed by atoms with Crippen molar-refractivity contribution in [1.82, 2.24) is 9.78 Å². The van der Waals surface area contributed by atoms with Crippen LogP contribution in [0.1, 0.15) is 11.3 Å². The van der Waals surface area contributed by atoms with E-state index in [1.807, 2.05) is 12.1 Å². The minimum absolute atomic E-state index is 0.0717. The number of para-hydroxylation sites is 3. The SMILES string of the molecule is N#Cc1ccccc1-n1nc(CN2C(=O)[C@@H](N)COc3ccccc32)c2ccc(F)cc21. The highest BCUT2D eigenvalue weighted by atomic mass is 19.1. The molecule has 0 fully saturated rings. The normalized spacial score (nSPS) is 15.7. The minimum Gasteiger partial charge on any atom is -0.489 e. The van der Waals surface area contributed by atoms with Gasteiger partial charge in [0.05, 0.1) is 34.7 Å². The van der Waals surface area contributed by atoms with Crippen molar-refractivity contribution >= 4 is 22.5 Å². The van der Waals surface area contributed by atoms with Crippen molar-refractivity contribution in [1.29, 1.82) is 5.26 Å². The van der Waals surface area contributed by atoms with E-state index < -0.39 is 11.9 Å². The van der Waals surface area contributed by atoms with Gasteiger partial charge in [-0.25, -0.2) is 9.07 Å².